The number of hydrogen-bond donors (Lipinski definition) is 1. The van der Waals surface area contributed by atoms with Crippen LogP contribution in [0.25, 0.3) is 0 Å². The molecule has 0 saturated carbocycles. The van der Waals surface area contributed by atoms with Gasteiger partial charge in [0.15, 0.2) is 11.6 Å². The molecule has 0 unspecified atom stereocenters. The van der Waals surface area contributed by atoms with Gasteiger partial charge in [0, 0.05) is 23.5 Å². The number of aryl methyl sites for hydroxylation is 1. The van der Waals surface area contributed by atoms with Crippen molar-refractivity contribution in [3.63, 3.8) is 0 Å². The van der Waals surface area contributed by atoms with Crippen LogP contribution < -0.4 is 10.5 Å². The number of nitrogens with zero attached hydrogens (tertiary/aromatic N) is 1. The number of benzene rings is 1. The molecule has 2 rings (SSSR count). The summed E-state index contributed by atoms with van der Waals surface area (Å²) in [4.78, 5) is 4.11. The zero-order chi connectivity index (χ0) is 11.5. The lowest BCUT2D eigenvalue weighted by Gasteiger charge is -2.06. The summed E-state index contributed by atoms with van der Waals surface area (Å²) in [6.45, 7) is 1.84. The van der Waals surface area contributed by atoms with Crippen LogP contribution in [-0.4, -0.2) is 4.98 Å². The third kappa shape index (κ3) is 2.28. The zero-order valence-electron chi connectivity index (χ0n) is 8.77. The van der Waals surface area contributed by atoms with Gasteiger partial charge < -0.3 is 10.5 Å². The van der Waals surface area contributed by atoms with Gasteiger partial charge in [-0.3, -0.25) is 0 Å². The summed E-state index contributed by atoms with van der Waals surface area (Å²) in [5.41, 5.74) is 6.61. The maximum Gasteiger partial charge on any atom is 0.219 e. The molecule has 3 nitrogen and oxygen atoms in total. The maximum absolute atomic E-state index is 13.4. The van der Waals surface area contributed by atoms with Crippen molar-refractivity contribution in [1.29, 1.82) is 0 Å². The Bertz CT molecular complexity index is 514. The summed E-state index contributed by atoms with van der Waals surface area (Å²) in [6, 6.07) is 9.58. The van der Waals surface area contributed by atoms with E-state index >= 15 is 0 Å². The Morgan fingerprint density at radius 2 is 2.06 bits per heavy atom. The number of ether oxygens (including phenoxy) is 1. The van der Waals surface area contributed by atoms with Gasteiger partial charge in [-0.05, 0) is 25.1 Å². The molecule has 2 aromatic rings. The van der Waals surface area contributed by atoms with E-state index in [0.717, 1.165) is 5.69 Å². The predicted octanol–water partition coefficient (Wildman–Crippen LogP) is 2.90. The van der Waals surface area contributed by atoms with Crippen molar-refractivity contribution in [2.24, 2.45) is 0 Å². The molecule has 0 amide bonds. The fourth-order valence-electron chi connectivity index (χ4n) is 1.29. The van der Waals surface area contributed by atoms with E-state index in [-0.39, 0.29) is 5.75 Å². The minimum absolute atomic E-state index is 0.118. The van der Waals surface area contributed by atoms with Gasteiger partial charge in [0.1, 0.15) is 0 Å². The van der Waals surface area contributed by atoms with Crippen LogP contribution in [0.1, 0.15) is 5.69 Å². The normalized spacial score (nSPS) is 10.1. The SMILES string of the molecule is Cc1cccc(Oc2ccc(N)cc2F)n1. The van der Waals surface area contributed by atoms with Crippen molar-refractivity contribution < 1.29 is 9.13 Å². The van der Waals surface area contributed by atoms with Gasteiger partial charge in [-0.1, -0.05) is 6.07 Å². The Kier molecular flexibility index (Phi) is 2.72. The van der Waals surface area contributed by atoms with Crippen LogP contribution in [0.3, 0.4) is 0 Å². The van der Waals surface area contributed by atoms with Crippen LogP contribution >= 0.6 is 0 Å². The highest BCUT2D eigenvalue weighted by Crippen LogP contribution is 2.24. The molecule has 1 heterocycles. The first-order valence-electron chi connectivity index (χ1n) is 4.82. The molecule has 1 aromatic heterocycles. The molecule has 0 aliphatic rings. The van der Waals surface area contributed by atoms with Gasteiger partial charge >= 0.3 is 0 Å². The maximum atomic E-state index is 13.4. The first-order chi connectivity index (χ1) is 7.65. The van der Waals surface area contributed by atoms with Gasteiger partial charge in [0.05, 0.1) is 0 Å². The van der Waals surface area contributed by atoms with E-state index in [0.29, 0.717) is 11.6 Å². The van der Waals surface area contributed by atoms with Crippen LogP contribution in [0.4, 0.5) is 10.1 Å². The van der Waals surface area contributed by atoms with E-state index in [1.54, 1.807) is 18.2 Å². The summed E-state index contributed by atoms with van der Waals surface area (Å²) < 4.78 is 18.7. The molecule has 0 aliphatic carbocycles. The lowest BCUT2D eigenvalue weighted by Crippen LogP contribution is -1.93. The third-order valence-electron chi connectivity index (χ3n) is 2.03. The van der Waals surface area contributed by atoms with E-state index in [2.05, 4.69) is 4.98 Å². The van der Waals surface area contributed by atoms with E-state index in [9.17, 15) is 4.39 Å². The summed E-state index contributed by atoms with van der Waals surface area (Å²) in [7, 11) is 0. The molecule has 2 N–H and O–H groups in total. The highest BCUT2D eigenvalue weighted by molar-refractivity contribution is 5.43. The fourth-order valence-corrected chi connectivity index (χ4v) is 1.29. The summed E-state index contributed by atoms with van der Waals surface area (Å²) in [6.07, 6.45) is 0. The molecule has 0 atom stereocenters. The van der Waals surface area contributed by atoms with E-state index in [1.807, 2.05) is 13.0 Å². The van der Waals surface area contributed by atoms with Crippen molar-refractivity contribution in [3.05, 3.63) is 47.9 Å². The highest BCUT2D eigenvalue weighted by Gasteiger charge is 2.05. The number of aromatic nitrogens is 1. The topological polar surface area (TPSA) is 48.1 Å². The summed E-state index contributed by atoms with van der Waals surface area (Å²) in [5, 5.41) is 0. The molecule has 16 heavy (non-hydrogen) atoms. The molecule has 0 radical (unpaired) electrons. The Morgan fingerprint density at radius 3 is 2.75 bits per heavy atom. The van der Waals surface area contributed by atoms with Crippen LogP contribution in [0.15, 0.2) is 36.4 Å². The molecule has 0 aliphatic heterocycles. The van der Waals surface area contributed by atoms with Gasteiger partial charge in [0.2, 0.25) is 5.88 Å². The largest absolute Gasteiger partial charge is 0.436 e. The van der Waals surface area contributed by atoms with Crippen LogP contribution in [0, 0.1) is 12.7 Å². The Balaban J connectivity index is 2.27. The zero-order valence-corrected chi connectivity index (χ0v) is 8.77. The number of hydrogen-bond acceptors (Lipinski definition) is 3. The van der Waals surface area contributed by atoms with Crippen LogP contribution in [-0.2, 0) is 0 Å². The number of halogens is 1. The van der Waals surface area contributed by atoms with Crippen molar-refractivity contribution in [2.75, 3.05) is 5.73 Å². The predicted molar refractivity (Wildman–Crippen MR) is 59.9 cm³/mol. The van der Waals surface area contributed by atoms with Gasteiger partial charge in [0.25, 0.3) is 0 Å². The molecular weight excluding hydrogens is 207 g/mol. The number of rotatable bonds is 2. The third-order valence-corrected chi connectivity index (χ3v) is 2.03. The molecule has 4 heteroatoms. The molecular formula is C12H11FN2O. The van der Waals surface area contributed by atoms with Crippen LogP contribution in [0.2, 0.25) is 0 Å². The second-order valence-electron chi connectivity index (χ2n) is 3.41. The molecule has 0 saturated heterocycles. The van der Waals surface area contributed by atoms with E-state index in [1.165, 1.54) is 12.1 Å². The monoisotopic (exact) mass is 218 g/mol. The van der Waals surface area contributed by atoms with Crippen molar-refractivity contribution in [2.45, 2.75) is 6.92 Å². The molecule has 1 aromatic carbocycles. The van der Waals surface area contributed by atoms with Crippen molar-refractivity contribution >= 4 is 5.69 Å². The first-order valence-corrected chi connectivity index (χ1v) is 4.82. The van der Waals surface area contributed by atoms with E-state index in [4.69, 9.17) is 10.5 Å². The smallest absolute Gasteiger partial charge is 0.219 e. The van der Waals surface area contributed by atoms with Gasteiger partial charge in [-0.15, -0.1) is 0 Å². The van der Waals surface area contributed by atoms with E-state index < -0.39 is 5.82 Å². The average Bonchev–Trinajstić information content (AvgIpc) is 2.22. The van der Waals surface area contributed by atoms with Crippen molar-refractivity contribution in [3.8, 4) is 11.6 Å². The number of nitrogens with two attached hydrogens (primary N) is 1. The fraction of sp³-hybridized carbons (Fsp3) is 0.0833. The second-order valence-corrected chi connectivity index (χ2v) is 3.41. The highest BCUT2D eigenvalue weighted by atomic mass is 19.1. The Hall–Kier alpha value is -2.10. The quantitative estimate of drug-likeness (QED) is 0.788. The minimum Gasteiger partial charge on any atom is -0.436 e. The molecule has 0 bridgehead atoms. The number of nitrogen functional groups attached to an aromatic ring is 1. The lowest BCUT2D eigenvalue weighted by atomic mass is 10.3. The van der Waals surface area contributed by atoms with Crippen LogP contribution in [0.5, 0.6) is 11.6 Å². The van der Waals surface area contributed by atoms with Gasteiger partial charge in [-0.25, -0.2) is 9.37 Å². The number of anilines is 1. The minimum atomic E-state index is -0.497. The molecule has 82 valence electrons. The van der Waals surface area contributed by atoms with Crippen molar-refractivity contribution in [1.82, 2.24) is 4.98 Å². The standard InChI is InChI=1S/C12H11FN2O/c1-8-3-2-4-12(15-8)16-11-6-5-9(14)7-10(11)13/h2-7H,14H2,1H3. The number of pyridine rings is 1. The molecule has 0 fully saturated rings. The molecule has 0 spiro atoms. The Labute approximate surface area is 92.7 Å². The summed E-state index contributed by atoms with van der Waals surface area (Å²) in [5.74, 6) is -0.0146. The van der Waals surface area contributed by atoms with Gasteiger partial charge in [-0.2, -0.15) is 0 Å². The second kappa shape index (κ2) is 4.18. The summed E-state index contributed by atoms with van der Waals surface area (Å²) >= 11 is 0. The first kappa shape index (κ1) is 10.4. The average molecular weight is 218 g/mol. The lowest BCUT2D eigenvalue weighted by molar-refractivity contribution is 0.427. The Morgan fingerprint density at radius 1 is 1.25 bits per heavy atom.